The van der Waals surface area contributed by atoms with Gasteiger partial charge >= 0.3 is 0 Å². The van der Waals surface area contributed by atoms with Gasteiger partial charge in [0.2, 0.25) is 0 Å². The Balaban J connectivity index is 3.36. The lowest BCUT2D eigenvalue weighted by molar-refractivity contribution is 0.870. The summed E-state index contributed by atoms with van der Waals surface area (Å²) in [4.78, 5) is 0. The molecule has 0 spiro atoms. The molecule has 0 rings (SSSR count). The van der Waals surface area contributed by atoms with Gasteiger partial charge in [-0.1, -0.05) is 26.0 Å². The molecule has 0 heteroatoms. The van der Waals surface area contributed by atoms with Crippen LogP contribution in [0.5, 0.6) is 0 Å². The summed E-state index contributed by atoms with van der Waals surface area (Å²) >= 11 is 0. The van der Waals surface area contributed by atoms with Gasteiger partial charge in [0.15, 0.2) is 0 Å². The first-order chi connectivity index (χ1) is 3.85. The van der Waals surface area contributed by atoms with E-state index in [0.29, 0.717) is 0 Å². The van der Waals surface area contributed by atoms with Crippen LogP contribution in [0, 0.1) is 5.92 Å². The minimum absolute atomic E-state index is 1.20. The number of rotatable bonds is 3. The highest BCUT2D eigenvalue weighted by atomic mass is 14.0. The van der Waals surface area contributed by atoms with Gasteiger partial charge in [0, 0.05) is 0 Å². The van der Waals surface area contributed by atoms with Crippen LogP contribution in [0.2, 0.25) is 0 Å². The van der Waals surface area contributed by atoms with Gasteiger partial charge in [0.05, 0.1) is 0 Å². The lowest BCUT2D eigenvalue weighted by Crippen LogP contribution is -1.85. The van der Waals surface area contributed by atoms with Crippen molar-refractivity contribution >= 4 is 0 Å². The quantitative estimate of drug-likeness (QED) is 0.525. The molecule has 0 N–H and O–H groups in total. The molecule has 0 aromatic rings. The van der Waals surface area contributed by atoms with E-state index in [9.17, 15) is 0 Å². The van der Waals surface area contributed by atoms with Gasteiger partial charge in [-0.15, -0.1) is 0 Å². The van der Waals surface area contributed by atoms with Crippen LogP contribution in [0.4, 0.5) is 0 Å². The van der Waals surface area contributed by atoms with Gasteiger partial charge in [-0.05, 0) is 25.7 Å². The molecule has 0 aromatic carbocycles. The van der Waals surface area contributed by atoms with E-state index in [2.05, 4.69) is 32.9 Å². The van der Waals surface area contributed by atoms with E-state index in [4.69, 9.17) is 0 Å². The highest BCUT2D eigenvalue weighted by molar-refractivity contribution is 5.06. The first kappa shape index (κ1) is 7.74. The van der Waals surface area contributed by atoms with Gasteiger partial charge < -0.3 is 0 Å². The molecule has 1 radical (unpaired) electrons. The van der Waals surface area contributed by atoms with E-state index in [1.54, 1.807) is 0 Å². The third kappa shape index (κ3) is 2.84. The van der Waals surface area contributed by atoms with Crippen LogP contribution in [0.15, 0.2) is 12.2 Å². The number of hydrogen-bond acceptors (Lipinski definition) is 0. The van der Waals surface area contributed by atoms with Crippen molar-refractivity contribution in [3.63, 3.8) is 0 Å². The van der Waals surface area contributed by atoms with Crippen LogP contribution in [-0.4, -0.2) is 0 Å². The van der Waals surface area contributed by atoms with E-state index >= 15 is 0 Å². The SMILES string of the molecule is CC=C[C](CC)CC. The first-order valence-corrected chi connectivity index (χ1v) is 3.32. The lowest BCUT2D eigenvalue weighted by atomic mass is 10.0. The highest BCUT2D eigenvalue weighted by Gasteiger charge is 1.94. The Morgan fingerprint density at radius 3 is 1.88 bits per heavy atom. The molecule has 0 aliphatic carbocycles. The van der Waals surface area contributed by atoms with Crippen LogP contribution < -0.4 is 0 Å². The van der Waals surface area contributed by atoms with Crippen molar-refractivity contribution in [1.82, 2.24) is 0 Å². The summed E-state index contributed by atoms with van der Waals surface area (Å²) in [6.45, 7) is 6.45. The molecular formula is C8H15. The fourth-order valence-corrected chi connectivity index (χ4v) is 0.721. The predicted molar refractivity (Wildman–Crippen MR) is 38.6 cm³/mol. The third-order valence-electron chi connectivity index (χ3n) is 1.31. The lowest BCUT2D eigenvalue weighted by Gasteiger charge is -2.01. The third-order valence-corrected chi connectivity index (χ3v) is 1.31. The summed E-state index contributed by atoms with van der Waals surface area (Å²) < 4.78 is 0. The molecule has 47 valence electrons. The van der Waals surface area contributed by atoms with Gasteiger partial charge in [0.1, 0.15) is 0 Å². The fourth-order valence-electron chi connectivity index (χ4n) is 0.721. The monoisotopic (exact) mass is 111 g/mol. The smallest absolute Gasteiger partial charge is 0.00329 e. The molecule has 0 saturated carbocycles. The zero-order valence-corrected chi connectivity index (χ0v) is 6.07. The van der Waals surface area contributed by atoms with E-state index in [0.717, 1.165) is 0 Å². The molecule has 0 atom stereocenters. The summed E-state index contributed by atoms with van der Waals surface area (Å²) in [5.41, 5.74) is 0. The van der Waals surface area contributed by atoms with Crippen molar-refractivity contribution in [1.29, 1.82) is 0 Å². The second-order valence-corrected chi connectivity index (χ2v) is 1.87. The molecule has 0 aromatic heterocycles. The van der Waals surface area contributed by atoms with Crippen LogP contribution in [0.1, 0.15) is 33.6 Å². The summed E-state index contributed by atoms with van der Waals surface area (Å²) in [5.74, 6) is 1.53. The summed E-state index contributed by atoms with van der Waals surface area (Å²) in [6.07, 6.45) is 6.68. The van der Waals surface area contributed by atoms with Crippen molar-refractivity contribution in [2.75, 3.05) is 0 Å². The minimum Gasteiger partial charge on any atom is -0.0911 e. The average Bonchev–Trinajstić information content (AvgIpc) is 1.83. The molecule has 0 bridgehead atoms. The first-order valence-electron chi connectivity index (χ1n) is 3.32. The van der Waals surface area contributed by atoms with E-state index in [-0.39, 0.29) is 0 Å². The molecule has 0 amide bonds. The Bertz CT molecular complexity index is 58.4. The van der Waals surface area contributed by atoms with Crippen molar-refractivity contribution < 1.29 is 0 Å². The summed E-state index contributed by atoms with van der Waals surface area (Å²) in [7, 11) is 0. The minimum atomic E-state index is 1.20. The van der Waals surface area contributed by atoms with Gasteiger partial charge in [-0.3, -0.25) is 0 Å². The molecule has 8 heavy (non-hydrogen) atoms. The Morgan fingerprint density at radius 1 is 1.25 bits per heavy atom. The number of allylic oxidation sites excluding steroid dienone is 2. The van der Waals surface area contributed by atoms with Gasteiger partial charge in [0.25, 0.3) is 0 Å². The normalized spacial score (nSPS) is 11.5. The van der Waals surface area contributed by atoms with Crippen molar-refractivity contribution in [2.24, 2.45) is 0 Å². The highest BCUT2D eigenvalue weighted by Crippen LogP contribution is 2.10. The standard InChI is InChI=1S/C8H15/c1-4-7-8(5-2)6-3/h4,7H,5-6H2,1-3H3. The van der Waals surface area contributed by atoms with E-state index in [1.807, 2.05) is 0 Å². The zero-order chi connectivity index (χ0) is 6.41. The van der Waals surface area contributed by atoms with Gasteiger partial charge in [-0.25, -0.2) is 0 Å². The van der Waals surface area contributed by atoms with Crippen molar-refractivity contribution in [3.8, 4) is 0 Å². The van der Waals surface area contributed by atoms with E-state index in [1.165, 1.54) is 18.8 Å². The van der Waals surface area contributed by atoms with Crippen LogP contribution >= 0.6 is 0 Å². The Morgan fingerprint density at radius 2 is 1.75 bits per heavy atom. The van der Waals surface area contributed by atoms with Crippen LogP contribution in [-0.2, 0) is 0 Å². The molecular weight excluding hydrogens is 96.1 g/mol. The largest absolute Gasteiger partial charge is 0.0911 e. The average molecular weight is 111 g/mol. The molecule has 0 unspecified atom stereocenters. The zero-order valence-electron chi connectivity index (χ0n) is 6.07. The second kappa shape index (κ2) is 4.89. The van der Waals surface area contributed by atoms with Crippen LogP contribution in [0.3, 0.4) is 0 Å². The molecule has 0 aliphatic rings. The van der Waals surface area contributed by atoms with Crippen LogP contribution in [0.25, 0.3) is 0 Å². The summed E-state index contributed by atoms with van der Waals surface area (Å²) in [6, 6.07) is 0. The molecule has 0 fully saturated rings. The molecule has 0 aliphatic heterocycles. The topological polar surface area (TPSA) is 0 Å². The van der Waals surface area contributed by atoms with Gasteiger partial charge in [-0.2, -0.15) is 0 Å². The fraction of sp³-hybridized carbons (Fsp3) is 0.625. The van der Waals surface area contributed by atoms with Crippen molar-refractivity contribution in [3.05, 3.63) is 18.1 Å². The van der Waals surface area contributed by atoms with Crippen molar-refractivity contribution in [2.45, 2.75) is 33.6 Å². The predicted octanol–water partition coefficient (Wildman–Crippen LogP) is 2.96. The summed E-state index contributed by atoms with van der Waals surface area (Å²) in [5, 5.41) is 0. The Kier molecular flexibility index (Phi) is 4.73. The second-order valence-electron chi connectivity index (χ2n) is 1.87. The maximum atomic E-state index is 2.19. The molecule has 0 nitrogen and oxygen atoms in total. The van der Waals surface area contributed by atoms with E-state index < -0.39 is 0 Å². The molecule has 0 saturated heterocycles. The molecule has 0 heterocycles. The Labute approximate surface area is 52.6 Å². The maximum Gasteiger partial charge on any atom is -0.00329 e. The Hall–Kier alpha value is -0.260. The number of hydrogen-bond donors (Lipinski definition) is 0. The maximum absolute atomic E-state index is 2.19.